The molecule has 2 nitrogen and oxygen atoms in total. The Balaban J connectivity index is 1.72. The summed E-state index contributed by atoms with van der Waals surface area (Å²) in [4.78, 5) is 7.16. The summed E-state index contributed by atoms with van der Waals surface area (Å²) in [5.41, 5.74) is 1.63. The minimum Gasteiger partial charge on any atom is -0.303 e. The summed E-state index contributed by atoms with van der Waals surface area (Å²) in [6.07, 6.45) is 6.35. The van der Waals surface area contributed by atoms with Crippen LogP contribution in [0.5, 0.6) is 0 Å². The summed E-state index contributed by atoms with van der Waals surface area (Å²) in [6.45, 7) is 8.49. The van der Waals surface area contributed by atoms with Crippen molar-refractivity contribution >= 4 is 22.9 Å². The Hall–Kier alpha value is -0.120. The Morgan fingerprint density at radius 1 is 1.42 bits per heavy atom. The molecule has 1 fully saturated rings. The SMILES string of the molecule is CCC1(CC)CCN(CCCc2nc(CCl)cs2)C1. The van der Waals surface area contributed by atoms with Crippen LogP contribution in [0.15, 0.2) is 5.38 Å². The van der Waals surface area contributed by atoms with Gasteiger partial charge in [0, 0.05) is 18.3 Å². The zero-order valence-electron chi connectivity index (χ0n) is 12.1. The maximum atomic E-state index is 5.78. The molecule has 1 aliphatic heterocycles. The number of nitrogens with zero attached hydrogens (tertiary/aromatic N) is 2. The van der Waals surface area contributed by atoms with Gasteiger partial charge >= 0.3 is 0 Å². The van der Waals surface area contributed by atoms with Crippen molar-refractivity contribution in [1.82, 2.24) is 9.88 Å². The molecule has 2 rings (SSSR count). The van der Waals surface area contributed by atoms with Gasteiger partial charge in [-0.3, -0.25) is 0 Å². The molecule has 1 saturated heterocycles. The third kappa shape index (κ3) is 3.93. The van der Waals surface area contributed by atoms with Gasteiger partial charge in [0.1, 0.15) is 0 Å². The average molecular weight is 301 g/mol. The topological polar surface area (TPSA) is 16.1 Å². The van der Waals surface area contributed by atoms with Crippen molar-refractivity contribution < 1.29 is 0 Å². The summed E-state index contributed by atoms with van der Waals surface area (Å²) in [5, 5.41) is 3.32. The predicted octanol–water partition coefficient (Wildman–Crippen LogP) is 4.33. The van der Waals surface area contributed by atoms with Gasteiger partial charge in [-0.15, -0.1) is 22.9 Å². The summed E-state index contributed by atoms with van der Waals surface area (Å²) >= 11 is 7.53. The Kier molecular flexibility index (Phi) is 5.67. The molecule has 0 N–H and O–H groups in total. The summed E-state index contributed by atoms with van der Waals surface area (Å²) in [5.74, 6) is 0.540. The van der Waals surface area contributed by atoms with Crippen LogP contribution in [0.1, 0.15) is 50.2 Å². The first-order chi connectivity index (χ1) is 9.21. The second kappa shape index (κ2) is 7.05. The molecule has 0 unspecified atom stereocenters. The van der Waals surface area contributed by atoms with Gasteiger partial charge in [0.05, 0.1) is 16.6 Å². The van der Waals surface area contributed by atoms with Gasteiger partial charge < -0.3 is 4.90 Å². The highest BCUT2D eigenvalue weighted by molar-refractivity contribution is 7.09. The number of thiazole rings is 1. The van der Waals surface area contributed by atoms with Crippen molar-refractivity contribution in [2.24, 2.45) is 5.41 Å². The maximum absolute atomic E-state index is 5.78. The van der Waals surface area contributed by atoms with Crippen molar-refractivity contribution in [2.75, 3.05) is 19.6 Å². The third-order valence-corrected chi connectivity index (χ3v) is 5.85. The monoisotopic (exact) mass is 300 g/mol. The van der Waals surface area contributed by atoms with Crippen LogP contribution in [-0.4, -0.2) is 29.5 Å². The molecule has 1 aliphatic rings. The van der Waals surface area contributed by atoms with Crippen LogP contribution in [0, 0.1) is 5.41 Å². The van der Waals surface area contributed by atoms with E-state index in [4.69, 9.17) is 11.6 Å². The molecule has 0 radical (unpaired) electrons. The molecule has 0 spiro atoms. The van der Waals surface area contributed by atoms with Crippen LogP contribution < -0.4 is 0 Å². The molecule has 19 heavy (non-hydrogen) atoms. The number of alkyl halides is 1. The highest BCUT2D eigenvalue weighted by atomic mass is 35.5. The Labute approximate surface area is 126 Å². The first-order valence-corrected chi connectivity index (χ1v) is 8.84. The molecular formula is C15H25ClN2S. The number of hydrogen-bond donors (Lipinski definition) is 0. The predicted molar refractivity (Wildman–Crippen MR) is 84.1 cm³/mol. The lowest BCUT2D eigenvalue weighted by atomic mass is 9.82. The lowest BCUT2D eigenvalue weighted by Crippen LogP contribution is -2.27. The zero-order valence-corrected chi connectivity index (χ0v) is 13.7. The molecule has 0 bridgehead atoms. The zero-order chi connectivity index (χ0) is 13.7. The van der Waals surface area contributed by atoms with Crippen molar-refractivity contribution in [3.63, 3.8) is 0 Å². The molecule has 2 heterocycles. The first kappa shape index (κ1) is 15.3. The molecule has 1 aromatic heterocycles. The van der Waals surface area contributed by atoms with Crippen molar-refractivity contribution in [1.29, 1.82) is 0 Å². The third-order valence-electron chi connectivity index (χ3n) is 4.62. The van der Waals surface area contributed by atoms with Crippen LogP contribution in [0.2, 0.25) is 0 Å². The van der Waals surface area contributed by atoms with Crippen LogP contribution in [-0.2, 0) is 12.3 Å². The Morgan fingerprint density at radius 2 is 2.21 bits per heavy atom. The fourth-order valence-electron chi connectivity index (χ4n) is 3.02. The van der Waals surface area contributed by atoms with E-state index in [1.54, 1.807) is 11.3 Å². The molecule has 0 amide bonds. The largest absolute Gasteiger partial charge is 0.303 e. The van der Waals surface area contributed by atoms with Gasteiger partial charge in [0.2, 0.25) is 0 Å². The minimum atomic E-state index is 0.540. The average Bonchev–Trinajstić information content (AvgIpc) is 3.06. The molecule has 0 saturated carbocycles. The van der Waals surface area contributed by atoms with E-state index in [0.717, 1.165) is 12.1 Å². The van der Waals surface area contributed by atoms with E-state index in [9.17, 15) is 0 Å². The molecule has 1 aromatic rings. The lowest BCUT2D eigenvalue weighted by molar-refractivity contribution is 0.239. The van der Waals surface area contributed by atoms with E-state index >= 15 is 0 Å². The second-order valence-electron chi connectivity index (χ2n) is 5.70. The molecule has 0 atom stereocenters. The van der Waals surface area contributed by atoms with Crippen molar-refractivity contribution in [3.05, 3.63) is 16.1 Å². The van der Waals surface area contributed by atoms with Crippen molar-refractivity contribution in [3.8, 4) is 0 Å². The fraction of sp³-hybridized carbons (Fsp3) is 0.800. The Morgan fingerprint density at radius 3 is 2.79 bits per heavy atom. The van der Waals surface area contributed by atoms with Gasteiger partial charge in [-0.25, -0.2) is 4.98 Å². The quantitative estimate of drug-likeness (QED) is 0.697. The maximum Gasteiger partial charge on any atom is 0.0929 e. The highest BCUT2D eigenvalue weighted by Crippen LogP contribution is 2.36. The van der Waals surface area contributed by atoms with Crippen molar-refractivity contribution in [2.45, 2.75) is 51.8 Å². The fourth-order valence-corrected chi connectivity index (χ4v) is 4.09. The number of rotatable bonds is 7. The molecule has 0 aromatic carbocycles. The van der Waals surface area contributed by atoms with E-state index in [2.05, 4.69) is 29.1 Å². The van der Waals surface area contributed by atoms with Gasteiger partial charge in [0.25, 0.3) is 0 Å². The van der Waals surface area contributed by atoms with Gasteiger partial charge in [-0.2, -0.15) is 0 Å². The Bertz CT molecular complexity index is 387. The smallest absolute Gasteiger partial charge is 0.0929 e. The van der Waals surface area contributed by atoms with Crippen LogP contribution in [0.25, 0.3) is 0 Å². The van der Waals surface area contributed by atoms with Gasteiger partial charge in [-0.05, 0) is 44.2 Å². The first-order valence-electron chi connectivity index (χ1n) is 7.43. The van der Waals surface area contributed by atoms with E-state index in [0.29, 0.717) is 11.3 Å². The number of aromatic nitrogens is 1. The van der Waals surface area contributed by atoms with E-state index in [1.165, 1.54) is 50.3 Å². The van der Waals surface area contributed by atoms with Crippen LogP contribution in [0.4, 0.5) is 0 Å². The van der Waals surface area contributed by atoms with E-state index < -0.39 is 0 Å². The molecule has 0 aliphatic carbocycles. The number of likely N-dealkylation sites (tertiary alicyclic amines) is 1. The number of halogens is 1. The number of hydrogen-bond acceptors (Lipinski definition) is 3. The highest BCUT2D eigenvalue weighted by Gasteiger charge is 2.34. The van der Waals surface area contributed by atoms with Crippen LogP contribution >= 0.6 is 22.9 Å². The summed E-state index contributed by atoms with van der Waals surface area (Å²) in [7, 11) is 0. The van der Waals surface area contributed by atoms with Gasteiger partial charge in [-0.1, -0.05) is 13.8 Å². The molecule has 108 valence electrons. The second-order valence-corrected chi connectivity index (χ2v) is 6.91. The molecular weight excluding hydrogens is 276 g/mol. The minimum absolute atomic E-state index is 0.540. The summed E-state index contributed by atoms with van der Waals surface area (Å²) < 4.78 is 0. The van der Waals surface area contributed by atoms with E-state index in [-0.39, 0.29) is 0 Å². The van der Waals surface area contributed by atoms with E-state index in [1.807, 2.05) is 0 Å². The van der Waals surface area contributed by atoms with Crippen LogP contribution in [0.3, 0.4) is 0 Å². The molecule has 4 heteroatoms. The summed E-state index contributed by atoms with van der Waals surface area (Å²) in [6, 6.07) is 0. The number of aryl methyl sites for hydroxylation is 1. The standard InChI is InChI=1S/C15H25ClN2S/c1-3-15(4-2)7-9-18(12-15)8-5-6-14-17-13(10-16)11-19-14/h11H,3-10,12H2,1-2H3. The lowest BCUT2D eigenvalue weighted by Gasteiger charge is -2.26. The van der Waals surface area contributed by atoms with Gasteiger partial charge in [0.15, 0.2) is 0 Å². The normalized spacial score (nSPS) is 19.1.